The Hall–Kier alpha value is -0.0800. The topological polar surface area (TPSA) is 38.0 Å². The molecule has 4 saturated carbocycles. The Morgan fingerprint density at radius 2 is 1.63 bits per heavy atom. The minimum absolute atomic E-state index is 0.572. The molecule has 4 fully saturated rings. The molecule has 0 aliphatic heterocycles. The maximum absolute atomic E-state index is 5.83. The Kier molecular flexibility index (Phi) is 4.19. The van der Waals surface area contributed by atoms with E-state index in [1.165, 1.54) is 51.4 Å². The summed E-state index contributed by atoms with van der Waals surface area (Å²) in [6, 6.07) is 0.572. The molecule has 4 aliphatic carbocycles. The third-order valence-electron chi connectivity index (χ3n) is 6.24. The summed E-state index contributed by atoms with van der Waals surface area (Å²) in [5.74, 6) is 9.04. The summed E-state index contributed by atoms with van der Waals surface area (Å²) in [5, 5.41) is 0. The van der Waals surface area contributed by atoms with Crippen LogP contribution in [0.5, 0.6) is 0 Å². The lowest BCUT2D eigenvalue weighted by Gasteiger charge is -2.57. The van der Waals surface area contributed by atoms with Crippen molar-refractivity contribution in [1.82, 2.24) is 5.43 Å². The Morgan fingerprint density at radius 3 is 2.11 bits per heavy atom. The maximum Gasteiger partial charge on any atom is 0.0215 e. The lowest BCUT2D eigenvalue weighted by molar-refractivity contribution is -0.0624. The van der Waals surface area contributed by atoms with Gasteiger partial charge in [0.1, 0.15) is 0 Å². The van der Waals surface area contributed by atoms with Gasteiger partial charge in [0, 0.05) is 6.04 Å². The molecular formula is C17H32N2. The van der Waals surface area contributed by atoms with Crippen molar-refractivity contribution in [2.24, 2.45) is 29.0 Å². The first kappa shape index (κ1) is 13.9. The molecule has 4 bridgehead atoms. The zero-order valence-electron chi connectivity index (χ0n) is 12.7. The van der Waals surface area contributed by atoms with Gasteiger partial charge in [0.2, 0.25) is 0 Å². The molecule has 4 rings (SSSR count). The van der Waals surface area contributed by atoms with Crippen molar-refractivity contribution in [1.29, 1.82) is 0 Å². The van der Waals surface area contributed by atoms with Crippen molar-refractivity contribution >= 4 is 0 Å². The number of rotatable bonds is 7. The summed E-state index contributed by atoms with van der Waals surface area (Å²) in [7, 11) is 0. The molecule has 0 aromatic heterocycles. The smallest absolute Gasteiger partial charge is 0.0215 e. The summed E-state index contributed by atoms with van der Waals surface area (Å²) in [4.78, 5) is 0. The van der Waals surface area contributed by atoms with Gasteiger partial charge >= 0.3 is 0 Å². The average molecular weight is 264 g/mol. The van der Waals surface area contributed by atoms with Gasteiger partial charge in [0.15, 0.2) is 0 Å². The third kappa shape index (κ3) is 3.00. The van der Waals surface area contributed by atoms with E-state index in [1.54, 1.807) is 19.3 Å². The Morgan fingerprint density at radius 1 is 1.05 bits per heavy atom. The standard InChI is InChI=1S/C17H32N2/c1-2-3-4-5-16(19-18)12-17-9-13-6-14(10-17)8-15(7-13)11-17/h13-16,19H,2-12,18H2,1H3. The summed E-state index contributed by atoms with van der Waals surface area (Å²) in [6.45, 7) is 2.28. The van der Waals surface area contributed by atoms with Gasteiger partial charge in [0.25, 0.3) is 0 Å². The van der Waals surface area contributed by atoms with E-state index in [0.29, 0.717) is 11.5 Å². The lowest BCUT2D eigenvalue weighted by atomic mass is 9.48. The molecule has 19 heavy (non-hydrogen) atoms. The molecule has 0 amide bonds. The second-order valence-electron chi connectivity index (χ2n) is 7.98. The molecule has 0 heterocycles. The largest absolute Gasteiger partial charge is 0.271 e. The molecule has 0 saturated heterocycles. The number of hydrazine groups is 1. The Labute approximate surface area is 118 Å². The van der Waals surface area contributed by atoms with E-state index >= 15 is 0 Å². The molecular weight excluding hydrogens is 232 g/mol. The fourth-order valence-corrected chi connectivity index (χ4v) is 5.95. The molecule has 0 radical (unpaired) electrons. The number of nitrogens with one attached hydrogen (secondary N) is 1. The minimum Gasteiger partial charge on any atom is -0.271 e. The van der Waals surface area contributed by atoms with Gasteiger partial charge in [-0.25, -0.2) is 0 Å². The van der Waals surface area contributed by atoms with Crippen LogP contribution >= 0.6 is 0 Å². The zero-order valence-corrected chi connectivity index (χ0v) is 12.7. The number of unbranched alkanes of at least 4 members (excludes halogenated alkanes) is 2. The highest BCUT2D eigenvalue weighted by molar-refractivity contribution is 5.02. The van der Waals surface area contributed by atoms with Gasteiger partial charge in [-0.3, -0.25) is 11.3 Å². The van der Waals surface area contributed by atoms with E-state index in [-0.39, 0.29) is 0 Å². The lowest BCUT2D eigenvalue weighted by Crippen LogP contribution is -2.49. The highest BCUT2D eigenvalue weighted by Gasteiger charge is 2.51. The summed E-state index contributed by atoms with van der Waals surface area (Å²) < 4.78 is 0. The summed E-state index contributed by atoms with van der Waals surface area (Å²) >= 11 is 0. The number of nitrogens with two attached hydrogens (primary N) is 1. The fraction of sp³-hybridized carbons (Fsp3) is 1.00. The zero-order chi connectivity index (χ0) is 13.3. The first-order valence-electron chi connectivity index (χ1n) is 8.69. The van der Waals surface area contributed by atoms with Crippen molar-refractivity contribution < 1.29 is 0 Å². The van der Waals surface area contributed by atoms with Crippen molar-refractivity contribution in [2.75, 3.05) is 0 Å². The van der Waals surface area contributed by atoms with Crippen molar-refractivity contribution in [2.45, 2.75) is 83.6 Å². The number of hydrogen-bond donors (Lipinski definition) is 2. The first-order valence-corrected chi connectivity index (χ1v) is 8.69. The van der Waals surface area contributed by atoms with Crippen LogP contribution in [0.4, 0.5) is 0 Å². The molecule has 1 atom stereocenters. The van der Waals surface area contributed by atoms with Gasteiger partial charge in [-0.2, -0.15) is 0 Å². The second-order valence-corrected chi connectivity index (χ2v) is 7.98. The van der Waals surface area contributed by atoms with Gasteiger partial charge in [-0.1, -0.05) is 26.2 Å². The summed E-state index contributed by atoms with van der Waals surface area (Å²) in [6.07, 6.45) is 15.9. The molecule has 4 aliphatic rings. The normalized spacial score (nSPS) is 41.7. The Bertz CT molecular complexity index is 264. The van der Waals surface area contributed by atoms with Crippen LogP contribution in [-0.2, 0) is 0 Å². The molecule has 0 spiro atoms. The van der Waals surface area contributed by atoms with Crippen LogP contribution in [0, 0.1) is 23.2 Å². The van der Waals surface area contributed by atoms with Gasteiger partial charge in [-0.05, 0) is 74.5 Å². The predicted octanol–water partition coefficient (Wildman–Crippen LogP) is 4.01. The van der Waals surface area contributed by atoms with Crippen LogP contribution in [0.1, 0.15) is 77.6 Å². The highest BCUT2D eigenvalue weighted by atomic mass is 15.2. The van der Waals surface area contributed by atoms with E-state index in [1.807, 2.05) is 0 Å². The molecule has 110 valence electrons. The fourth-order valence-electron chi connectivity index (χ4n) is 5.95. The van der Waals surface area contributed by atoms with E-state index in [9.17, 15) is 0 Å². The van der Waals surface area contributed by atoms with Gasteiger partial charge < -0.3 is 0 Å². The van der Waals surface area contributed by atoms with E-state index in [4.69, 9.17) is 5.84 Å². The highest BCUT2D eigenvalue weighted by Crippen LogP contribution is 2.61. The van der Waals surface area contributed by atoms with Crippen LogP contribution in [0.3, 0.4) is 0 Å². The maximum atomic E-state index is 5.83. The minimum atomic E-state index is 0.572. The SMILES string of the molecule is CCCCCC(CC12CC3CC(CC(C3)C1)C2)NN. The molecule has 2 heteroatoms. The van der Waals surface area contributed by atoms with Crippen LogP contribution in [-0.4, -0.2) is 6.04 Å². The Balaban J connectivity index is 1.58. The molecule has 0 aromatic carbocycles. The van der Waals surface area contributed by atoms with Crippen LogP contribution in [0.2, 0.25) is 0 Å². The van der Waals surface area contributed by atoms with Crippen LogP contribution in [0.15, 0.2) is 0 Å². The van der Waals surface area contributed by atoms with Crippen molar-refractivity contribution in [3.8, 4) is 0 Å². The van der Waals surface area contributed by atoms with Crippen LogP contribution in [0.25, 0.3) is 0 Å². The van der Waals surface area contributed by atoms with Gasteiger partial charge in [0.05, 0.1) is 0 Å². The van der Waals surface area contributed by atoms with Crippen molar-refractivity contribution in [3.63, 3.8) is 0 Å². The quantitative estimate of drug-likeness (QED) is 0.414. The van der Waals surface area contributed by atoms with E-state index in [0.717, 1.165) is 17.8 Å². The first-order chi connectivity index (χ1) is 9.23. The van der Waals surface area contributed by atoms with E-state index < -0.39 is 0 Å². The third-order valence-corrected chi connectivity index (χ3v) is 6.24. The van der Waals surface area contributed by atoms with E-state index in [2.05, 4.69) is 12.3 Å². The molecule has 0 aromatic rings. The molecule has 2 nitrogen and oxygen atoms in total. The van der Waals surface area contributed by atoms with Crippen molar-refractivity contribution in [3.05, 3.63) is 0 Å². The summed E-state index contributed by atoms with van der Waals surface area (Å²) in [5.41, 5.74) is 3.81. The molecule has 3 N–H and O–H groups in total. The predicted molar refractivity (Wildman–Crippen MR) is 80.5 cm³/mol. The van der Waals surface area contributed by atoms with Gasteiger partial charge in [-0.15, -0.1) is 0 Å². The van der Waals surface area contributed by atoms with Crippen LogP contribution < -0.4 is 11.3 Å². The molecule has 1 unspecified atom stereocenters. The average Bonchev–Trinajstić information content (AvgIpc) is 2.36. The number of hydrogen-bond acceptors (Lipinski definition) is 2. The monoisotopic (exact) mass is 264 g/mol. The second kappa shape index (κ2) is 5.73.